The SMILES string of the molecule is Cc1nccc2cc(CCC(=O)OC(C)(C)C)ccc12. The normalized spacial score (nSPS) is 11.6. The van der Waals surface area contributed by atoms with Crippen molar-refractivity contribution >= 4 is 16.7 Å². The van der Waals surface area contributed by atoms with Gasteiger partial charge < -0.3 is 4.74 Å². The number of esters is 1. The smallest absolute Gasteiger partial charge is 0.306 e. The number of hydrogen-bond donors (Lipinski definition) is 0. The molecule has 20 heavy (non-hydrogen) atoms. The summed E-state index contributed by atoms with van der Waals surface area (Å²) >= 11 is 0. The number of rotatable bonds is 3. The van der Waals surface area contributed by atoms with Crippen LogP contribution in [0.1, 0.15) is 38.4 Å². The Balaban J connectivity index is 2.06. The Labute approximate surface area is 120 Å². The standard InChI is InChI=1S/C17H21NO2/c1-12-15-7-5-13(11-14(15)9-10-18-12)6-8-16(19)20-17(2,3)4/h5,7,9-11H,6,8H2,1-4H3. The van der Waals surface area contributed by atoms with E-state index in [0.29, 0.717) is 12.8 Å². The fourth-order valence-electron chi connectivity index (χ4n) is 2.17. The average molecular weight is 271 g/mol. The molecule has 3 nitrogen and oxygen atoms in total. The molecule has 0 aliphatic rings. The fourth-order valence-corrected chi connectivity index (χ4v) is 2.17. The minimum atomic E-state index is -0.413. The number of nitrogens with zero attached hydrogens (tertiary/aromatic N) is 1. The molecule has 1 heterocycles. The highest BCUT2D eigenvalue weighted by Gasteiger charge is 2.15. The fraction of sp³-hybridized carbons (Fsp3) is 0.412. The number of fused-ring (bicyclic) bond motifs is 1. The molecule has 3 heteroatoms. The summed E-state index contributed by atoms with van der Waals surface area (Å²) < 4.78 is 5.32. The number of carbonyl (C=O) groups is 1. The summed E-state index contributed by atoms with van der Waals surface area (Å²) in [6, 6.07) is 8.25. The first-order valence-electron chi connectivity index (χ1n) is 6.91. The molecule has 0 amide bonds. The van der Waals surface area contributed by atoms with Gasteiger partial charge in [0.2, 0.25) is 0 Å². The van der Waals surface area contributed by atoms with Crippen molar-refractivity contribution in [3.05, 3.63) is 41.7 Å². The Kier molecular flexibility index (Phi) is 4.07. The number of aromatic nitrogens is 1. The second-order valence-corrected chi connectivity index (χ2v) is 6.04. The van der Waals surface area contributed by atoms with Gasteiger partial charge in [-0.25, -0.2) is 0 Å². The van der Waals surface area contributed by atoms with E-state index in [9.17, 15) is 4.79 Å². The van der Waals surface area contributed by atoms with Crippen LogP contribution in [0.2, 0.25) is 0 Å². The third kappa shape index (κ3) is 3.80. The molecule has 2 aromatic rings. The maximum Gasteiger partial charge on any atom is 0.306 e. The monoisotopic (exact) mass is 271 g/mol. The van der Waals surface area contributed by atoms with Gasteiger partial charge in [0.1, 0.15) is 5.60 Å². The molecular weight excluding hydrogens is 250 g/mol. The summed E-state index contributed by atoms with van der Waals surface area (Å²) in [5, 5.41) is 2.33. The summed E-state index contributed by atoms with van der Waals surface area (Å²) in [5.41, 5.74) is 1.76. The summed E-state index contributed by atoms with van der Waals surface area (Å²) in [5.74, 6) is -0.150. The molecule has 0 N–H and O–H groups in total. The molecule has 2 rings (SSSR count). The van der Waals surface area contributed by atoms with Crippen molar-refractivity contribution in [2.24, 2.45) is 0 Å². The number of carbonyl (C=O) groups excluding carboxylic acids is 1. The van der Waals surface area contributed by atoms with Crippen molar-refractivity contribution in [3.63, 3.8) is 0 Å². The Hall–Kier alpha value is -1.90. The molecule has 1 aromatic heterocycles. The molecule has 0 radical (unpaired) electrons. The third-order valence-electron chi connectivity index (χ3n) is 3.07. The molecule has 0 aliphatic carbocycles. The molecule has 0 saturated carbocycles. The van der Waals surface area contributed by atoms with E-state index in [1.807, 2.05) is 40.0 Å². The molecule has 0 bridgehead atoms. The molecule has 0 spiro atoms. The van der Waals surface area contributed by atoms with Gasteiger partial charge in [-0.15, -0.1) is 0 Å². The van der Waals surface area contributed by atoms with Crippen molar-refractivity contribution in [1.82, 2.24) is 4.98 Å². The maximum atomic E-state index is 11.7. The molecule has 0 atom stereocenters. The van der Waals surface area contributed by atoms with E-state index in [-0.39, 0.29) is 5.97 Å². The van der Waals surface area contributed by atoms with Crippen molar-refractivity contribution in [1.29, 1.82) is 0 Å². The quantitative estimate of drug-likeness (QED) is 0.797. The van der Waals surface area contributed by atoms with Crippen LogP contribution >= 0.6 is 0 Å². The molecular formula is C17H21NO2. The van der Waals surface area contributed by atoms with E-state index >= 15 is 0 Å². The van der Waals surface area contributed by atoms with Gasteiger partial charge in [-0.3, -0.25) is 9.78 Å². The van der Waals surface area contributed by atoms with Gasteiger partial charge in [-0.2, -0.15) is 0 Å². The summed E-state index contributed by atoms with van der Waals surface area (Å²) in [6.07, 6.45) is 2.92. The van der Waals surface area contributed by atoms with Crippen LogP contribution < -0.4 is 0 Å². The Morgan fingerprint density at radius 1 is 1.25 bits per heavy atom. The molecule has 1 aromatic carbocycles. The second kappa shape index (κ2) is 5.61. The zero-order valence-electron chi connectivity index (χ0n) is 12.6. The first kappa shape index (κ1) is 14.5. The second-order valence-electron chi connectivity index (χ2n) is 6.04. The van der Waals surface area contributed by atoms with Gasteiger partial charge in [0.15, 0.2) is 0 Å². The van der Waals surface area contributed by atoms with Gasteiger partial charge >= 0.3 is 5.97 Å². The van der Waals surface area contributed by atoms with Gasteiger partial charge in [0.05, 0.1) is 0 Å². The Morgan fingerprint density at radius 3 is 2.70 bits per heavy atom. The van der Waals surface area contributed by atoms with Gasteiger partial charge in [-0.05, 0) is 51.1 Å². The molecule has 0 aliphatic heterocycles. The lowest BCUT2D eigenvalue weighted by Gasteiger charge is -2.19. The van der Waals surface area contributed by atoms with Crippen LogP contribution in [0.5, 0.6) is 0 Å². The minimum Gasteiger partial charge on any atom is -0.460 e. The first-order valence-corrected chi connectivity index (χ1v) is 6.91. The van der Waals surface area contributed by atoms with Gasteiger partial charge in [-0.1, -0.05) is 18.2 Å². The molecule has 0 fully saturated rings. The third-order valence-corrected chi connectivity index (χ3v) is 3.07. The van der Waals surface area contributed by atoms with Crippen LogP contribution in [0.4, 0.5) is 0 Å². The topological polar surface area (TPSA) is 39.2 Å². The first-order chi connectivity index (χ1) is 9.35. The molecule has 0 saturated heterocycles. The summed E-state index contributed by atoms with van der Waals surface area (Å²) in [6.45, 7) is 7.66. The predicted molar refractivity (Wildman–Crippen MR) is 80.6 cm³/mol. The minimum absolute atomic E-state index is 0.150. The van der Waals surface area contributed by atoms with Crippen LogP contribution in [0.25, 0.3) is 10.8 Å². The van der Waals surface area contributed by atoms with E-state index in [4.69, 9.17) is 4.74 Å². The van der Waals surface area contributed by atoms with Crippen molar-refractivity contribution in [2.45, 2.75) is 46.1 Å². The zero-order valence-corrected chi connectivity index (χ0v) is 12.6. The van der Waals surface area contributed by atoms with Crippen LogP contribution in [-0.2, 0) is 16.0 Å². The highest BCUT2D eigenvalue weighted by Crippen LogP contribution is 2.19. The molecule has 0 unspecified atom stereocenters. The highest BCUT2D eigenvalue weighted by atomic mass is 16.6. The van der Waals surface area contributed by atoms with Gasteiger partial charge in [0.25, 0.3) is 0 Å². The Bertz CT molecular complexity index is 626. The van der Waals surface area contributed by atoms with E-state index < -0.39 is 5.60 Å². The van der Waals surface area contributed by atoms with E-state index in [1.165, 1.54) is 5.39 Å². The van der Waals surface area contributed by atoms with E-state index in [1.54, 1.807) is 0 Å². The van der Waals surface area contributed by atoms with E-state index in [2.05, 4.69) is 23.2 Å². The summed E-state index contributed by atoms with van der Waals surface area (Å²) in [7, 11) is 0. The van der Waals surface area contributed by atoms with Gasteiger partial charge in [0, 0.05) is 23.7 Å². The van der Waals surface area contributed by atoms with Crippen LogP contribution in [0.3, 0.4) is 0 Å². The van der Waals surface area contributed by atoms with Crippen LogP contribution in [0.15, 0.2) is 30.5 Å². The molecule has 106 valence electrons. The Morgan fingerprint density at radius 2 is 2.00 bits per heavy atom. The lowest BCUT2D eigenvalue weighted by Crippen LogP contribution is -2.23. The van der Waals surface area contributed by atoms with Crippen molar-refractivity contribution in [2.75, 3.05) is 0 Å². The maximum absolute atomic E-state index is 11.7. The van der Waals surface area contributed by atoms with E-state index in [0.717, 1.165) is 16.6 Å². The summed E-state index contributed by atoms with van der Waals surface area (Å²) in [4.78, 5) is 16.0. The van der Waals surface area contributed by atoms with Crippen LogP contribution in [0, 0.1) is 6.92 Å². The number of benzene rings is 1. The number of pyridine rings is 1. The van der Waals surface area contributed by atoms with Crippen molar-refractivity contribution in [3.8, 4) is 0 Å². The number of hydrogen-bond acceptors (Lipinski definition) is 3. The lowest BCUT2D eigenvalue weighted by molar-refractivity contribution is -0.154. The average Bonchev–Trinajstić information content (AvgIpc) is 2.34. The van der Waals surface area contributed by atoms with Crippen LogP contribution in [-0.4, -0.2) is 16.6 Å². The number of ether oxygens (including phenoxy) is 1. The van der Waals surface area contributed by atoms with Crippen molar-refractivity contribution < 1.29 is 9.53 Å². The largest absolute Gasteiger partial charge is 0.460 e. The highest BCUT2D eigenvalue weighted by molar-refractivity contribution is 5.84. The number of aryl methyl sites for hydroxylation is 2. The zero-order chi connectivity index (χ0) is 14.8. The predicted octanol–water partition coefficient (Wildman–Crippen LogP) is 3.82. The lowest BCUT2D eigenvalue weighted by atomic mass is 10.0.